The predicted molar refractivity (Wildman–Crippen MR) is 100 cm³/mol. The molecular formula is C19H22N4O4. The number of ether oxygens (including phenoxy) is 1. The summed E-state index contributed by atoms with van der Waals surface area (Å²) in [4.78, 5) is 33.4. The second-order valence-electron chi connectivity index (χ2n) is 6.28. The van der Waals surface area contributed by atoms with Crippen LogP contribution in [0.3, 0.4) is 0 Å². The van der Waals surface area contributed by atoms with Crippen LogP contribution < -0.4 is 10.2 Å². The van der Waals surface area contributed by atoms with E-state index in [1.54, 1.807) is 31.2 Å². The SMILES string of the molecule is CCOC(=O)c1ccc(Nc2cc(N3CCC(C(=O)O)CC3)ncn2)cc1. The molecule has 27 heavy (non-hydrogen) atoms. The van der Waals surface area contributed by atoms with E-state index in [9.17, 15) is 9.59 Å². The number of benzene rings is 1. The van der Waals surface area contributed by atoms with Crippen LogP contribution in [0.2, 0.25) is 0 Å². The molecule has 0 aliphatic carbocycles. The van der Waals surface area contributed by atoms with Gasteiger partial charge in [-0.1, -0.05) is 0 Å². The molecule has 0 amide bonds. The molecule has 1 fully saturated rings. The largest absolute Gasteiger partial charge is 0.481 e. The molecule has 0 radical (unpaired) electrons. The smallest absolute Gasteiger partial charge is 0.338 e. The van der Waals surface area contributed by atoms with Crippen LogP contribution in [0.5, 0.6) is 0 Å². The van der Waals surface area contributed by atoms with Crippen molar-refractivity contribution in [3.63, 3.8) is 0 Å². The lowest BCUT2D eigenvalue weighted by atomic mass is 9.97. The van der Waals surface area contributed by atoms with E-state index in [1.807, 2.05) is 6.07 Å². The molecule has 0 unspecified atom stereocenters. The fourth-order valence-corrected chi connectivity index (χ4v) is 3.00. The summed E-state index contributed by atoms with van der Waals surface area (Å²) >= 11 is 0. The lowest BCUT2D eigenvalue weighted by Crippen LogP contribution is -2.36. The van der Waals surface area contributed by atoms with E-state index in [4.69, 9.17) is 9.84 Å². The number of esters is 1. The zero-order valence-electron chi connectivity index (χ0n) is 15.1. The molecule has 1 aromatic carbocycles. The average molecular weight is 370 g/mol. The molecule has 142 valence electrons. The maximum absolute atomic E-state index is 11.7. The van der Waals surface area contributed by atoms with Crippen LogP contribution in [0.4, 0.5) is 17.3 Å². The van der Waals surface area contributed by atoms with Gasteiger partial charge in [-0.15, -0.1) is 0 Å². The Hall–Kier alpha value is -3.16. The molecule has 1 aliphatic rings. The summed E-state index contributed by atoms with van der Waals surface area (Å²) in [7, 11) is 0. The lowest BCUT2D eigenvalue weighted by Gasteiger charge is -2.31. The van der Waals surface area contributed by atoms with Gasteiger partial charge in [0.2, 0.25) is 0 Å². The molecule has 2 heterocycles. The fraction of sp³-hybridized carbons (Fsp3) is 0.368. The van der Waals surface area contributed by atoms with E-state index in [2.05, 4.69) is 20.2 Å². The Kier molecular flexibility index (Phi) is 5.85. The molecule has 0 saturated carbocycles. The summed E-state index contributed by atoms with van der Waals surface area (Å²) in [5, 5.41) is 12.3. The Balaban J connectivity index is 1.64. The van der Waals surface area contributed by atoms with E-state index < -0.39 is 5.97 Å². The summed E-state index contributed by atoms with van der Waals surface area (Å²) in [6.45, 7) is 3.42. The third kappa shape index (κ3) is 4.72. The van der Waals surface area contributed by atoms with Gasteiger partial charge in [0.15, 0.2) is 0 Å². The lowest BCUT2D eigenvalue weighted by molar-refractivity contribution is -0.142. The normalized spacial score (nSPS) is 14.6. The summed E-state index contributed by atoms with van der Waals surface area (Å²) in [6.07, 6.45) is 2.70. The zero-order valence-corrected chi connectivity index (χ0v) is 15.1. The second-order valence-corrected chi connectivity index (χ2v) is 6.28. The van der Waals surface area contributed by atoms with Gasteiger partial charge in [-0.05, 0) is 44.0 Å². The average Bonchev–Trinajstić information content (AvgIpc) is 2.69. The molecule has 2 aromatic rings. The quantitative estimate of drug-likeness (QED) is 0.748. The van der Waals surface area contributed by atoms with Crippen LogP contribution in [0.15, 0.2) is 36.7 Å². The zero-order chi connectivity index (χ0) is 19.2. The Morgan fingerprint density at radius 1 is 1.22 bits per heavy atom. The minimum atomic E-state index is -0.731. The minimum absolute atomic E-state index is 0.279. The number of carbonyl (C=O) groups excluding carboxylic acids is 1. The van der Waals surface area contributed by atoms with Crippen LogP contribution in [-0.2, 0) is 9.53 Å². The van der Waals surface area contributed by atoms with Crippen molar-refractivity contribution < 1.29 is 19.4 Å². The summed E-state index contributed by atoms with van der Waals surface area (Å²) in [5.74, 6) is 0.0337. The van der Waals surface area contributed by atoms with Crippen LogP contribution in [0, 0.1) is 5.92 Å². The molecule has 0 spiro atoms. The molecular weight excluding hydrogens is 348 g/mol. The number of aliphatic carboxylic acids is 1. The van der Waals surface area contributed by atoms with Crippen molar-refractivity contribution in [2.45, 2.75) is 19.8 Å². The van der Waals surface area contributed by atoms with Crippen molar-refractivity contribution in [3.05, 3.63) is 42.2 Å². The van der Waals surface area contributed by atoms with Gasteiger partial charge in [0.1, 0.15) is 18.0 Å². The number of nitrogens with one attached hydrogen (secondary N) is 1. The summed E-state index contributed by atoms with van der Waals surface area (Å²) < 4.78 is 4.97. The highest BCUT2D eigenvalue weighted by molar-refractivity contribution is 5.89. The highest BCUT2D eigenvalue weighted by atomic mass is 16.5. The number of hydrogen-bond acceptors (Lipinski definition) is 7. The Labute approximate surface area is 157 Å². The van der Waals surface area contributed by atoms with E-state index in [0.29, 0.717) is 43.9 Å². The number of aromatic nitrogens is 2. The number of nitrogens with zero attached hydrogens (tertiary/aromatic N) is 3. The second kappa shape index (κ2) is 8.48. The monoisotopic (exact) mass is 370 g/mol. The molecule has 1 aliphatic heterocycles. The van der Waals surface area contributed by atoms with Gasteiger partial charge in [0, 0.05) is 24.8 Å². The van der Waals surface area contributed by atoms with Gasteiger partial charge in [0.25, 0.3) is 0 Å². The number of hydrogen-bond donors (Lipinski definition) is 2. The maximum Gasteiger partial charge on any atom is 0.338 e. The van der Waals surface area contributed by atoms with Crippen LogP contribution in [-0.4, -0.2) is 46.7 Å². The van der Waals surface area contributed by atoms with Crippen molar-refractivity contribution in [3.8, 4) is 0 Å². The van der Waals surface area contributed by atoms with E-state index >= 15 is 0 Å². The first kappa shape index (κ1) is 18.6. The molecule has 0 bridgehead atoms. The van der Waals surface area contributed by atoms with Crippen LogP contribution >= 0.6 is 0 Å². The first-order valence-electron chi connectivity index (χ1n) is 8.91. The van der Waals surface area contributed by atoms with Crippen molar-refractivity contribution in [1.82, 2.24) is 9.97 Å². The van der Waals surface area contributed by atoms with Crippen molar-refractivity contribution in [2.24, 2.45) is 5.92 Å². The van der Waals surface area contributed by atoms with Crippen LogP contribution in [0.1, 0.15) is 30.1 Å². The van der Waals surface area contributed by atoms with Crippen LogP contribution in [0.25, 0.3) is 0 Å². The Bertz CT molecular complexity index is 802. The number of rotatable bonds is 6. The standard InChI is InChI=1S/C19H22N4O4/c1-2-27-19(26)14-3-5-15(6-4-14)22-16-11-17(21-12-20-16)23-9-7-13(8-10-23)18(24)25/h3-6,11-13H,2,7-10H2,1H3,(H,24,25)(H,20,21,22). The molecule has 2 N–H and O–H groups in total. The topological polar surface area (TPSA) is 105 Å². The van der Waals surface area contributed by atoms with Gasteiger partial charge in [0.05, 0.1) is 18.1 Å². The Morgan fingerprint density at radius 2 is 1.93 bits per heavy atom. The number of carboxylic acids is 1. The highest BCUT2D eigenvalue weighted by Gasteiger charge is 2.25. The third-order valence-corrected chi connectivity index (χ3v) is 4.49. The van der Waals surface area contributed by atoms with Crippen molar-refractivity contribution >= 4 is 29.3 Å². The number of carbonyl (C=O) groups is 2. The van der Waals surface area contributed by atoms with Gasteiger partial charge in [-0.25, -0.2) is 14.8 Å². The number of anilines is 3. The predicted octanol–water partition coefficient (Wildman–Crippen LogP) is 2.70. The van der Waals surface area contributed by atoms with E-state index in [1.165, 1.54) is 6.33 Å². The van der Waals surface area contributed by atoms with Crippen molar-refractivity contribution in [2.75, 3.05) is 29.9 Å². The van der Waals surface area contributed by atoms with Gasteiger partial charge in [-0.3, -0.25) is 4.79 Å². The molecule has 0 atom stereocenters. The molecule has 3 rings (SSSR count). The maximum atomic E-state index is 11.7. The molecule has 8 nitrogen and oxygen atoms in total. The highest BCUT2D eigenvalue weighted by Crippen LogP contribution is 2.24. The number of piperidine rings is 1. The number of carboxylic acid groups (broad SMARTS) is 1. The van der Waals surface area contributed by atoms with Gasteiger partial charge < -0.3 is 20.1 Å². The Morgan fingerprint density at radius 3 is 2.56 bits per heavy atom. The summed E-state index contributed by atoms with van der Waals surface area (Å²) in [5.41, 5.74) is 1.28. The third-order valence-electron chi connectivity index (χ3n) is 4.49. The molecule has 8 heteroatoms. The molecule has 1 aromatic heterocycles. The first-order valence-corrected chi connectivity index (χ1v) is 8.91. The summed E-state index contributed by atoms with van der Waals surface area (Å²) in [6, 6.07) is 8.79. The van der Waals surface area contributed by atoms with Gasteiger partial charge in [-0.2, -0.15) is 0 Å². The van der Waals surface area contributed by atoms with E-state index in [0.717, 1.165) is 11.5 Å². The fourth-order valence-electron chi connectivity index (χ4n) is 3.00. The first-order chi connectivity index (χ1) is 13.1. The minimum Gasteiger partial charge on any atom is -0.481 e. The van der Waals surface area contributed by atoms with Crippen molar-refractivity contribution in [1.29, 1.82) is 0 Å². The van der Waals surface area contributed by atoms with E-state index in [-0.39, 0.29) is 11.9 Å². The van der Waals surface area contributed by atoms with Gasteiger partial charge >= 0.3 is 11.9 Å². The molecule has 1 saturated heterocycles.